The molecule has 8 nitrogen and oxygen atoms in total. The predicted molar refractivity (Wildman–Crippen MR) is 120 cm³/mol. The molecule has 3 aromatic rings. The Morgan fingerprint density at radius 3 is 2.41 bits per heavy atom. The van der Waals surface area contributed by atoms with Gasteiger partial charge < -0.3 is 4.74 Å². The van der Waals surface area contributed by atoms with Gasteiger partial charge in [-0.25, -0.2) is 27.0 Å². The summed E-state index contributed by atoms with van der Waals surface area (Å²) < 4.78 is 57.1. The van der Waals surface area contributed by atoms with Crippen LogP contribution in [-0.4, -0.2) is 32.3 Å². The number of nitrogens with one attached hydrogen (secondary N) is 2. The fourth-order valence-electron chi connectivity index (χ4n) is 3.50. The number of sulfonamides is 1. The molecule has 1 aliphatic rings. The molecule has 3 aromatic carbocycles. The fraction of sp³-hybridized carbons (Fsp3) is 0.130. The lowest BCUT2D eigenvalue weighted by molar-refractivity contribution is 0.184. The van der Waals surface area contributed by atoms with Crippen molar-refractivity contribution in [2.24, 2.45) is 5.10 Å². The van der Waals surface area contributed by atoms with Gasteiger partial charge in [0.25, 0.3) is 10.0 Å². The number of benzene rings is 3. The van der Waals surface area contributed by atoms with Crippen LogP contribution in [0.3, 0.4) is 0 Å². The number of ether oxygens (including phenoxy) is 1. The molecule has 2 N–H and O–H groups in total. The fourth-order valence-corrected chi connectivity index (χ4v) is 4.40. The summed E-state index contributed by atoms with van der Waals surface area (Å²) in [5, 5.41) is 5.53. The smallest absolute Gasteiger partial charge is 0.353 e. The summed E-state index contributed by atoms with van der Waals surface area (Å²) in [6, 6.07) is 16.9. The van der Waals surface area contributed by atoms with Crippen LogP contribution in [0, 0.1) is 11.6 Å². The van der Waals surface area contributed by atoms with Crippen molar-refractivity contribution >= 4 is 21.8 Å². The number of hydrazine groups is 1. The summed E-state index contributed by atoms with van der Waals surface area (Å²) >= 11 is 0. The zero-order chi connectivity index (χ0) is 24.3. The van der Waals surface area contributed by atoms with E-state index in [1.54, 1.807) is 24.3 Å². The number of carbonyl (C=O) groups excluding carboxylic acids is 1. The molecule has 0 bridgehead atoms. The monoisotopic (exact) mass is 486 g/mol. The van der Waals surface area contributed by atoms with E-state index in [-0.39, 0.29) is 0 Å². The highest BCUT2D eigenvalue weighted by Gasteiger charge is 2.34. The first-order valence-corrected chi connectivity index (χ1v) is 11.6. The van der Waals surface area contributed by atoms with Crippen molar-refractivity contribution in [3.63, 3.8) is 0 Å². The molecule has 0 aromatic heterocycles. The normalized spacial score (nSPS) is 15.7. The Hall–Kier alpha value is -3.83. The van der Waals surface area contributed by atoms with Gasteiger partial charge in [-0.15, -0.1) is 4.83 Å². The summed E-state index contributed by atoms with van der Waals surface area (Å²) in [4.78, 5) is 14.0. The summed E-state index contributed by atoms with van der Waals surface area (Å²) in [7, 11) is -2.97. The summed E-state index contributed by atoms with van der Waals surface area (Å²) in [6.07, 6.45) is 0.378. The summed E-state index contributed by atoms with van der Waals surface area (Å²) in [6.45, 7) is 0. The lowest BCUT2D eigenvalue weighted by Crippen LogP contribution is -2.47. The van der Waals surface area contributed by atoms with Gasteiger partial charge in [0.15, 0.2) is 0 Å². The molecule has 1 unspecified atom stereocenters. The molecule has 0 aliphatic carbocycles. The average Bonchev–Trinajstić information content (AvgIpc) is 3.29. The lowest BCUT2D eigenvalue weighted by atomic mass is 9.98. The van der Waals surface area contributed by atoms with Crippen LogP contribution < -0.4 is 15.0 Å². The molecule has 1 aliphatic heterocycles. The van der Waals surface area contributed by atoms with Crippen molar-refractivity contribution in [1.82, 2.24) is 15.3 Å². The standard InChI is InChI=1S/C23H20F2N4O4S/c1-33-18-10-7-16(8-11-18)21-14-20(15-5-3-2-4-6-15)27-29(21)23(30)26-28-34(31,32)22-12-9-17(24)13-19(22)25/h2-13,21,28H,14H2,1H3,(H,26,30). The Morgan fingerprint density at radius 2 is 1.76 bits per heavy atom. The molecule has 0 saturated carbocycles. The van der Waals surface area contributed by atoms with E-state index in [0.29, 0.717) is 23.9 Å². The van der Waals surface area contributed by atoms with Gasteiger partial charge in [0.05, 0.1) is 18.9 Å². The van der Waals surface area contributed by atoms with Crippen molar-refractivity contribution in [2.75, 3.05) is 7.11 Å². The van der Waals surface area contributed by atoms with Crippen LogP contribution in [-0.2, 0) is 10.0 Å². The Labute approximate surface area is 194 Å². The van der Waals surface area contributed by atoms with Gasteiger partial charge in [-0.2, -0.15) is 5.10 Å². The zero-order valence-electron chi connectivity index (χ0n) is 17.9. The van der Waals surface area contributed by atoms with Gasteiger partial charge in [0, 0.05) is 12.5 Å². The highest BCUT2D eigenvalue weighted by atomic mass is 32.2. The van der Waals surface area contributed by atoms with Gasteiger partial charge >= 0.3 is 6.03 Å². The number of methoxy groups -OCH3 is 1. The van der Waals surface area contributed by atoms with E-state index in [1.165, 1.54) is 7.11 Å². The van der Waals surface area contributed by atoms with Gasteiger partial charge in [-0.05, 0) is 35.4 Å². The second-order valence-electron chi connectivity index (χ2n) is 7.36. The molecule has 0 spiro atoms. The minimum absolute atomic E-state index is 0.378. The van der Waals surface area contributed by atoms with E-state index in [9.17, 15) is 22.0 Å². The zero-order valence-corrected chi connectivity index (χ0v) is 18.7. The topological polar surface area (TPSA) is 100 Å². The summed E-state index contributed by atoms with van der Waals surface area (Å²) in [5.74, 6) is -1.58. The number of halogens is 2. The van der Waals surface area contributed by atoms with Crippen LogP contribution in [0.2, 0.25) is 0 Å². The molecule has 0 fully saturated rings. The first-order valence-electron chi connectivity index (χ1n) is 10.1. The minimum Gasteiger partial charge on any atom is -0.497 e. The van der Waals surface area contributed by atoms with Crippen LogP contribution in [0.15, 0.2) is 82.8 Å². The van der Waals surface area contributed by atoms with Gasteiger partial charge in [0.2, 0.25) is 0 Å². The lowest BCUT2D eigenvalue weighted by Gasteiger charge is -2.22. The third-order valence-electron chi connectivity index (χ3n) is 5.20. The minimum atomic E-state index is -4.50. The molecule has 1 heterocycles. The van der Waals surface area contributed by atoms with E-state index in [4.69, 9.17) is 4.74 Å². The van der Waals surface area contributed by atoms with E-state index >= 15 is 0 Å². The number of urea groups is 1. The van der Waals surface area contributed by atoms with Crippen LogP contribution in [0.25, 0.3) is 0 Å². The maximum Gasteiger partial charge on any atom is 0.353 e. The van der Waals surface area contributed by atoms with Crippen molar-refractivity contribution in [1.29, 1.82) is 0 Å². The van der Waals surface area contributed by atoms with Gasteiger partial charge in [-0.1, -0.05) is 42.5 Å². The molecule has 0 saturated heterocycles. The molecule has 4 rings (SSSR count). The van der Waals surface area contributed by atoms with Crippen molar-refractivity contribution in [2.45, 2.75) is 17.4 Å². The maximum atomic E-state index is 13.9. The van der Waals surface area contributed by atoms with Crippen LogP contribution in [0.4, 0.5) is 13.6 Å². The third-order valence-corrected chi connectivity index (χ3v) is 6.48. The van der Waals surface area contributed by atoms with Crippen LogP contribution in [0.1, 0.15) is 23.6 Å². The van der Waals surface area contributed by atoms with Crippen molar-refractivity contribution in [3.8, 4) is 5.75 Å². The average molecular weight is 487 g/mol. The Bertz CT molecular complexity index is 1330. The molecule has 34 heavy (non-hydrogen) atoms. The van der Waals surface area contributed by atoms with Crippen LogP contribution in [0.5, 0.6) is 5.75 Å². The second kappa shape index (κ2) is 9.57. The highest BCUT2D eigenvalue weighted by Crippen LogP contribution is 2.33. The molecular formula is C23H20F2N4O4S. The number of hydrogen-bond donors (Lipinski definition) is 2. The van der Waals surface area contributed by atoms with E-state index < -0.39 is 38.6 Å². The van der Waals surface area contributed by atoms with Crippen molar-refractivity contribution < 1.29 is 26.7 Å². The quantitative estimate of drug-likeness (QED) is 0.519. The summed E-state index contributed by atoms with van der Waals surface area (Å²) in [5.41, 5.74) is 4.24. The second-order valence-corrected chi connectivity index (χ2v) is 9.01. The Morgan fingerprint density at radius 1 is 1.06 bits per heavy atom. The van der Waals surface area contributed by atoms with E-state index in [2.05, 4.69) is 10.5 Å². The maximum absolute atomic E-state index is 13.9. The van der Waals surface area contributed by atoms with E-state index in [0.717, 1.165) is 28.3 Å². The number of carbonyl (C=O) groups is 1. The molecule has 2 amide bonds. The van der Waals surface area contributed by atoms with Crippen molar-refractivity contribution in [3.05, 3.63) is 95.6 Å². The number of hydrazone groups is 1. The molecule has 11 heteroatoms. The SMILES string of the molecule is COc1ccc(C2CC(c3ccccc3)=NN2C(=O)NNS(=O)(=O)c2ccc(F)cc2F)cc1. The molecule has 0 radical (unpaired) electrons. The Balaban J connectivity index is 1.58. The predicted octanol–water partition coefficient (Wildman–Crippen LogP) is 3.73. The first kappa shape index (κ1) is 23.3. The largest absolute Gasteiger partial charge is 0.497 e. The number of hydrogen-bond acceptors (Lipinski definition) is 5. The van der Waals surface area contributed by atoms with E-state index in [1.807, 2.05) is 35.2 Å². The number of rotatable bonds is 6. The number of amides is 2. The molecule has 176 valence electrons. The Kier molecular flexibility index (Phi) is 6.57. The van der Waals surface area contributed by atoms with Gasteiger partial charge in [0.1, 0.15) is 22.3 Å². The first-order chi connectivity index (χ1) is 16.3. The van der Waals surface area contributed by atoms with Crippen LogP contribution >= 0.6 is 0 Å². The number of nitrogens with zero attached hydrogens (tertiary/aromatic N) is 2. The molecule has 1 atom stereocenters. The molecular weight excluding hydrogens is 466 g/mol. The third kappa shape index (κ3) is 4.90. The highest BCUT2D eigenvalue weighted by molar-refractivity contribution is 7.89. The van der Waals surface area contributed by atoms with Gasteiger partial charge in [-0.3, -0.25) is 5.43 Å².